The number of nitrogens with zero attached hydrogens (tertiary/aromatic N) is 6. The van der Waals surface area contributed by atoms with Crippen molar-refractivity contribution in [1.82, 2.24) is 24.2 Å². The normalized spacial score (nSPS) is 17.8. The number of para-hydroxylation sites is 1. The molecule has 3 N–H and O–H groups in total. The molecule has 0 bridgehead atoms. The van der Waals surface area contributed by atoms with Crippen molar-refractivity contribution in [3.8, 4) is 23.6 Å². The lowest BCUT2D eigenvalue weighted by Gasteiger charge is -2.39. The standard InChI is InChI=1S/C52H59N8O12P/c1-35(2)60(36(3)4)73(70-27-12-25-53)72-46-43(30-69-52(38-13-8-6-9-14-38,39-19-17-37(29-61)18-20-39)40-21-23-41(64-5)24-22-40)71-50(47(46)68-34-66-33-65-28-26-54)59-32-55-45-48(59)57-51(58-49(45)63)56-44(62)31-67-42-15-10-7-11-16-42/h6-11,13-24,32,35-36,43,46-47,50,61H,12,27-31,33-34H2,1-5H3,(H2,56,57,58,62,63)/t43-,46?,47+,50-,52?,73?/m1/s1. The van der Waals surface area contributed by atoms with Crippen molar-refractivity contribution < 1.29 is 52.1 Å². The van der Waals surface area contributed by atoms with Crippen LogP contribution in [0.15, 0.2) is 120 Å². The van der Waals surface area contributed by atoms with Gasteiger partial charge in [-0.25, -0.2) is 9.65 Å². The number of hydrogen-bond donors (Lipinski definition) is 3. The molecule has 2 aromatic heterocycles. The molecule has 4 aromatic carbocycles. The SMILES string of the molecule is COc1ccc(C(OC[C@H]2O[C@@H](n3cnc4c(=O)[nH]c(NC(=O)COc5ccccc5)nc43)[C@@H](OCOCOCC#N)C2OP(OCCC#N)N(C(C)C)C(C)C)(c2ccccc2)c2ccc(CO)cc2)cc1. The van der Waals surface area contributed by atoms with Gasteiger partial charge in [-0.3, -0.25) is 24.5 Å². The molecule has 73 heavy (non-hydrogen) atoms. The van der Waals surface area contributed by atoms with Gasteiger partial charge in [0.2, 0.25) is 5.95 Å². The van der Waals surface area contributed by atoms with Gasteiger partial charge in [0.15, 0.2) is 30.8 Å². The molecule has 0 radical (unpaired) electrons. The second kappa shape index (κ2) is 26.3. The van der Waals surface area contributed by atoms with E-state index in [1.165, 1.54) is 10.9 Å². The Morgan fingerprint density at radius 2 is 1.56 bits per heavy atom. The molecule has 1 fully saturated rings. The number of aromatic nitrogens is 4. The molecule has 3 heterocycles. The van der Waals surface area contributed by atoms with Crippen molar-refractivity contribution in [3.63, 3.8) is 0 Å². The quantitative estimate of drug-likeness (QED) is 0.0202. The van der Waals surface area contributed by atoms with Crippen LogP contribution in [0.1, 0.15) is 62.6 Å². The molecule has 21 heteroatoms. The Hall–Kier alpha value is -6.65. The van der Waals surface area contributed by atoms with E-state index in [0.29, 0.717) is 17.1 Å². The summed E-state index contributed by atoms with van der Waals surface area (Å²) in [7, 11) is -0.376. The third kappa shape index (κ3) is 13.3. The summed E-state index contributed by atoms with van der Waals surface area (Å²) in [6, 6.07) is 37.3. The number of rotatable bonds is 27. The Morgan fingerprint density at radius 3 is 2.21 bits per heavy atom. The van der Waals surface area contributed by atoms with Gasteiger partial charge >= 0.3 is 0 Å². The van der Waals surface area contributed by atoms with Crippen molar-refractivity contribution in [2.24, 2.45) is 0 Å². The maximum absolute atomic E-state index is 13.7. The number of carbonyl (C=O) groups excluding carboxylic acids is 1. The summed E-state index contributed by atoms with van der Waals surface area (Å²) < 4.78 is 60.4. The second-order valence-corrected chi connectivity index (χ2v) is 18.5. The molecule has 1 aliphatic heterocycles. The highest BCUT2D eigenvalue weighted by molar-refractivity contribution is 7.44. The van der Waals surface area contributed by atoms with E-state index < -0.39 is 50.1 Å². The predicted octanol–water partition coefficient (Wildman–Crippen LogP) is 7.06. The monoisotopic (exact) mass is 1020 g/mol. The van der Waals surface area contributed by atoms with Gasteiger partial charge in [-0.2, -0.15) is 15.5 Å². The molecule has 384 valence electrons. The fraction of sp³-hybridized carbons (Fsp3) is 0.385. The number of H-pyrrole nitrogens is 1. The van der Waals surface area contributed by atoms with E-state index >= 15 is 0 Å². The number of aliphatic hydroxyl groups excluding tert-OH is 1. The van der Waals surface area contributed by atoms with E-state index in [4.69, 9.17) is 47.5 Å². The number of methoxy groups -OCH3 is 1. The van der Waals surface area contributed by atoms with E-state index in [2.05, 4.69) is 31.0 Å². The number of amides is 1. The van der Waals surface area contributed by atoms with Gasteiger partial charge in [-0.15, -0.1) is 0 Å². The first-order valence-corrected chi connectivity index (χ1v) is 24.7. The fourth-order valence-electron chi connectivity index (χ4n) is 8.38. The Morgan fingerprint density at radius 1 is 0.890 bits per heavy atom. The van der Waals surface area contributed by atoms with Crippen LogP contribution in [0.5, 0.6) is 11.5 Å². The maximum atomic E-state index is 13.7. The zero-order valence-corrected chi connectivity index (χ0v) is 42.1. The van der Waals surface area contributed by atoms with Gasteiger partial charge in [-0.1, -0.05) is 84.9 Å². The number of nitriles is 2. The molecule has 1 amide bonds. The summed E-state index contributed by atoms with van der Waals surface area (Å²) in [5.41, 5.74) is 0.916. The van der Waals surface area contributed by atoms with Crippen LogP contribution in [-0.4, -0.2) is 113 Å². The lowest BCUT2D eigenvalue weighted by molar-refractivity contribution is -0.171. The zero-order chi connectivity index (χ0) is 51.7. The third-order valence-electron chi connectivity index (χ3n) is 11.6. The maximum Gasteiger partial charge on any atom is 0.280 e. The average molecular weight is 1020 g/mol. The van der Waals surface area contributed by atoms with Gasteiger partial charge in [0.1, 0.15) is 48.8 Å². The number of anilines is 1. The van der Waals surface area contributed by atoms with Gasteiger partial charge in [0.25, 0.3) is 20.0 Å². The van der Waals surface area contributed by atoms with Gasteiger partial charge in [-0.05, 0) is 74.2 Å². The molecule has 1 saturated heterocycles. The lowest BCUT2D eigenvalue weighted by atomic mass is 9.79. The van der Waals surface area contributed by atoms with Crippen LogP contribution in [0.2, 0.25) is 0 Å². The van der Waals surface area contributed by atoms with Crippen LogP contribution in [-0.2, 0) is 49.7 Å². The molecule has 0 aliphatic carbocycles. The Labute approximate surface area is 424 Å². The number of ether oxygens (including phenoxy) is 7. The van der Waals surface area contributed by atoms with Gasteiger partial charge in [0, 0.05) is 12.1 Å². The van der Waals surface area contributed by atoms with E-state index in [9.17, 15) is 20.0 Å². The highest BCUT2D eigenvalue weighted by atomic mass is 31.2. The van der Waals surface area contributed by atoms with Crippen LogP contribution in [0.4, 0.5) is 5.95 Å². The first kappa shape index (κ1) is 54.1. The number of hydrogen-bond acceptors (Lipinski definition) is 17. The Bertz CT molecular complexity index is 2770. The summed E-state index contributed by atoms with van der Waals surface area (Å²) in [5.74, 6) is 0.332. The van der Waals surface area contributed by atoms with Crippen molar-refractivity contribution in [3.05, 3.63) is 148 Å². The molecular formula is C52H59N8O12P. The molecule has 20 nitrogen and oxygen atoms in total. The Kier molecular flexibility index (Phi) is 19.5. The summed E-state index contributed by atoms with van der Waals surface area (Å²) in [5, 5.41) is 31.4. The topological polar surface area (TPSA) is 247 Å². The first-order valence-electron chi connectivity index (χ1n) is 23.5. The van der Waals surface area contributed by atoms with Gasteiger partial charge < -0.3 is 47.3 Å². The second-order valence-electron chi connectivity index (χ2n) is 17.1. The highest BCUT2D eigenvalue weighted by Gasteiger charge is 2.52. The number of aromatic amines is 1. The number of nitrogens with one attached hydrogen (secondary N) is 2. The molecule has 0 saturated carbocycles. The zero-order valence-electron chi connectivity index (χ0n) is 41.2. The Balaban J connectivity index is 1.35. The number of benzene rings is 4. The molecule has 3 unspecified atom stereocenters. The van der Waals surface area contributed by atoms with E-state index in [1.807, 2.05) is 119 Å². The van der Waals surface area contributed by atoms with Gasteiger partial charge in [0.05, 0.1) is 51.8 Å². The summed E-state index contributed by atoms with van der Waals surface area (Å²) in [6.07, 6.45) is -2.88. The molecule has 6 aromatic rings. The number of aliphatic hydroxyl groups is 1. The molecule has 7 rings (SSSR count). The fourth-order valence-corrected chi connectivity index (χ4v) is 10.2. The van der Waals surface area contributed by atoms with Crippen LogP contribution < -0.4 is 20.3 Å². The number of carbonyl (C=O) groups is 1. The third-order valence-corrected chi connectivity index (χ3v) is 13.7. The largest absolute Gasteiger partial charge is 0.497 e. The van der Waals surface area contributed by atoms with E-state index in [0.717, 1.165) is 16.7 Å². The number of imidazole rings is 1. The van der Waals surface area contributed by atoms with Crippen molar-refractivity contribution in [2.75, 3.05) is 52.4 Å². The minimum absolute atomic E-state index is 0.0274. The van der Waals surface area contributed by atoms with E-state index in [1.54, 1.807) is 31.4 Å². The predicted molar refractivity (Wildman–Crippen MR) is 268 cm³/mol. The minimum atomic E-state index is -1.97. The number of fused-ring (bicyclic) bond motifs is 1. The molecule has 0 spiro atoms. The molecule has 6 atom stereocenters. The van der Waals surface area contributed by atoms with Crippen LogP contribution in [0, 0.1) is 22.7 Å². The lowest BCUT2D eigenvalue weighted by Crippen LogP contribution is -2.43. The smallest absolute Gasteiger partial charge is 0.280 e. The average Bonchev–Trinajstić information content (AvgIpc) is 3.98. The molecule has 1 aliphatic rings. The van der Waals surface area contributed by atoms with Crippen LogP contribution in [0.3, 0.4) is 0 Å². The summed E-state index contributed by atoms with van der Waals surface area (Å²) in [4.78, 5) is 38.5. The van der Waals surface area contributed by atoms with Crippen molar-refractivity contribution >= 4 is 31.5 Å². The highest BCUT2D eigenvalue weighted by Crippen LogP contribution is 2.51. The first-order chi connectivity index (χ1) is 35.5. The van der Waals surface area contributed by atoms with Crippen LogP contribution in [0.25, 0.3) is 11.2 Å². The summed E-state index contributed by atoms with van der Waals surface area (Å²) >= 11 is 0. The van der Waals surface area contributed by atoms with Crippen molar-refractivity contribution in [2.45, 2.75) is 82.9 Å². The molecular weight excluding hydrogens is 960 g/mol. The van der Waals surface area contributed by atoms with E-state index in [-0.39, 0.29) is 82.2 Å². The van der Waals surface area contributed by atoms with Crippen LogP contribution >= 0.6 is 8.53 Å². The summed E-state index contributed by atoms with van der Waals surface area (Å²) in [6.45, 7) is 6.52. The minimum Gasteiger partial charge on any atom is -0.497 e. The van der Waals surface area contributed by atoms with Crippen molar-refractivity contribution in [1.29, 1.82) is 10.5 Å².